The zero-order valence-corrected chi connectivity index (χ0v) is 8.46. The minimum Gasteiger partial charge on any atom is -0.0585 e. The van der Waals surface area contributed by atoms with Gasteiger partial charge in [0.1, 0.15) is 0 Å². The first kappa shape index (κ1) is 5.03. The molecular weight excluding hydrogens is 200 g/mol. The van der Waals surface area contributed by atoms with Crippen LogP contribution in [0.1, 0.15) is 24.8 Å². The van der Waals surface area contributed by atoms with Crippen molar-refractivity contribution < 1.29 is 28.0 Å². The summed E-state index contributed by atoms with van der Waals surface area (Å²) >= 11 is 0. The minimum absolute atomic E-state index is 0. The number of hydrogen-bond donors (Lipinski definition) is 0. The van der Waals surface area contributed by atoms with Gasteiger partial charge in [-0.2, -0.15) is 0 Å². The zero-order valence-electron chi connectivity index (χ0n) is 15.4. The molecule has 0 aromatic carbocycles. The van der Waals surface area contributed by atoms with Crippen LogP contribution in [0, 0.1) is 63.0 Å². The Labute approximate surface area is 106 Å². The average Bonchev–Trinajstić information content (AvgIpc) is 2.71. The topological polar surface area (TPSA) is 0 Å². The van der Waals surface area contributed by atoms with Crippen LogP contribution in [0.4, 0.5) is 0 Å². The third kappa shape index (κ3) is 6.57. The summed E-state index contributed by atoms with van der Waals surface area (Å²) < 4.78 is 57.2. The van der Waals surface area contributed by atoms with Gasteiger partial charge >= 0.3 is 17.1 Å². The van der Waals surface area contributed by atoms with E-state index < -0.39 is 0 Å². The van der Waals surface area contributed by atoms with Gasteiger partial charge < -0.3 is 0 Å². The Morgan fingerprint density at radius 2 is 1.00 bits per heavy atom. The van der Waals surface area contributed by atoms with Crippen molar-refractivity contribution >= 4 is 0 Å². The largest absolute Gasteiger partial charge is 2.00 e. The Morgan fingerprint density at radius 1 is 0.769 bits per heavy atom. The third-order valence-electron chi connectivity index (χ3n) is 1.12. The molecule has 2 fully saturated rings. The summed E-state index contributed by atoms with van der Waals surface area (Å²) in [7, 11) is 0. The summed E-state index contributed by atoms with van der Waals surface area (Å²) in [4.78, 5) is 0. The van der Waals surface area contributed by atoms with E-state index in [1.807, 2.05) is 0 Å². The molecule has 2 aliphatic carbocycles. The molecular formula is C12H14Fe+2. The van der Waals surface area contributed by atoms with Crippen molar-refractivity contribution in [3.8, 4) is 0 Å². The van der Waals surface area contributed by atoms with Crippen LogP contribution in [0.2, 0.25) is 0 Å². The molecule has 0 atom stereocenters. The van der Waals surface area contributed by atoms with E-state index in [1.165, 1.54) is 0 Å². The van der Waals surface area contributed by atoms with Gasteiger partial charge in [0.15, 0.2) is 0 Å². The van der Waals surface area contributed by atoms with Gasteiger partial charge in [0.2, 0.25) is 0 Å². The summed E-state index contributed by atoms with van der Waals surface area (Å²) in [5, 5.41) is 0. The van der Waals surface area contributed by atoms with Gasteiger partial charge in [-0.15, -0.1) is 0 Å². The van der Waals surface area contributed by atoms with Gasteiger partial charge in [-0.25, -0.2) is 0 Å². The van der Waals surface area contributed by atoms with Gasteiger partial charge in [-0.05, 0) is 63.0 Å². The molecule has 2 rings (SSSR count). The maximum atomic E-state index is 7.18. The molecule has 0 nitrogen and oxygen atoms in total. The molecule has 13 heavy (non-hydrogen) atoms. The van der Waals surface area contributed by atoms with E-state index in [0.717, 1.165) is 0 Å². The first-order valence-electron chi connectivity index (χ1n) is 7.50. The van der Waals surface area contributed by atoms with Crippen molar-refractivity contribution in [3.63, 3.8) is 0 Å². The molecule has 10 radical (unpaired) electrons. The van der Waals surface area contributed by atoms with Crippen LogP contribution in [0.5, 0.6) is 0 Å². The Morgan fingerprint density at radius 3 is 1.08 bits per heavy atom. The Kier molecular flexibility index (Phi) is 3.05. The second-order valence-electron chi connectivity index (χ2n) is 2.25. The van der Waals surface area contributed by atoms with Crippen molar-refractivity contribution in [1.29, 1.82) is 0 Å². The molecule has 0 heterocycles. The van der Waals surface area contributed by atoms with E-state index in [4.69, 9.17) is 11.0 Å². The molecule has 0 unspecified atom stereocenters. The smallest absolute Gasteiger partial charge is 0.0585 e. The zero-order chi connectivity index (χ0) is 15.8. The van der Waals surface area contributed by atoms with Crippen LogP contribution in [-0.2, 0) is 17.1 Å². The van der Waals surface area contributed by atoms with Crippen LogP contribution in [0.3, 0.4) is 0 Å². The van der Waals surface area contributed by atoms with E-state index in [0.29, 0.717) is 11.8 Å². The first-order valence-corrected chi connectivity index (χ1v) is 3.50. The predicted octanol–water partition coefficient (Wildman–Crippen LogP) is 2.82. The fraction of sp³-hybridized carbons (Fsp3) is 0.167. The van der Waals surface area contributed by atoms with Crippen LogP contribution in [-0.4, -0.2) is 0 Å². The Balaban J connectivity index is 0.000000364. The molecule has 0 amide bonds. The quantitative estimate of drug-likeness (QED) is 0.553. The summed E-state index contributed by atoms with van der Waals surface area (Å²) in [6.45, 7) is 3.17. The molecule has 0 saturated heterocycles. The van der Waals surface area contributed by atoms with Crippen molar-refractivity contribution in [2.45, 2.75) is 13.8 Å². The van der Waals surface area contributed by atoms with Gasteiger partial charge in [-0.3, -0.25) is 0 Å². The summed E-state index contributed by atoms with van der Waals surface area (Å²) in [6.07, 6.45) is -0.509. The molecule has 2 saturated carbocycles. The third-order valence-corrected chi connectivity index (χ3v) is 1.12. The van der Waals surface area contributed by atoms with Gasteiger partial charge in [0.05, 0.1) is 0 Å². The van der Waals surface area contributed by atoms with Crippen LogP contribution in [0.25, 0.3) is 0 Å². The molecule has 0 aromatic rings. The van der Waals surface area contributed by atoms with Crippen molar-refractivity contribution in [3.05, 3.63) is 63.0 Å². The van der Waals surface area contributed by atoms with Crippen molar-refractivity contribution in [2.75, 3.05) is 0 Å². The second-order valence-corrected chi connectivity index (χ2v) is 2.25. The van der Waals surface area contributed by atoms with E-state index in [9.17, 15) is 0 Å². The van der Waals surface area contributed by atoms with Crippen LogP contribution in [0.15, 0.2) is 0 Å². The standard InChI is InChI=1S/2C6H7.Fe/c2*1-6-4-2-3-5-6;/h2*2-5H,1H3;/q;;+2/i2*2D,3D,4D,5D;. The fourth-order valence-corrected chi connectivity index (χ4v) is 0.562. The average molecular weight is 222 g/mol. The van der Waals surface area contributed by atoms with E-state index in [-0.39, 0.29) is 68.2 Å². The van der Waals surface area contributed by atoms with Crippen LogP contribution < -0.4 is 0 Å². The molecule has 68 valence electrons. The Hall–Kier alpha value is 0.519. The SMILES string of the molecule is [2H][C]1[C]([2H])[C]([2H])[C](C)[C]1[2H].[2H][C]1[C]([2H])[C]([2H])[C](C)[C]1[2H].[Fe+2]. The van der Waals surface area contributed by atoms with Crippen molar-refractivity contribution in [2.24, 2.45) is 0 Å². The Bertz CT molecular complexity index is 200. The maximum absolute atomic E-state index is 7.18. The molecule has 0 aromatic heterocycles. The molecule has 0 aliphatic heterocycles. The van der Waals surface area contributed by atoms with Crippen molar-refractivity contribution in [1.82, 2.24) is 0 Å². The predicted molar refractivity (Wildman–Crippen MR) is 52.2 cm³/mol. The van der Waals surface area contributed by atoms with Gasteiger partial charge in [0, 0.05) is 11.0 Å². The monoisotopic (exact) mass is 222 g/mol. The van der Waals surface area contributed by atoms with Crippen LogP contribution >= 0.6 is 0 Å². The molecule has 0 spiro atoms. The molecule has 1 heteroatoms. The summed E-state index contributed by atoms with van der Waals surface area (Å²) in [5.74, 6) is 0.852. The second kappa shape index (κ2) is 7.88. The fourth-order valence-electron chi connectivity index (χ4n) is 0.562. The molecule has 2 aliphatic rings. The summed E-state index contributed by atoms with van der Waals surface area (Å²) in [6, 6.07) is 0. The molecule has 0 bridgehead atoms. The van der Waals surface area contributed by atoms with Gasteiger partial charge in [0.25, 0.3) is 0 Å². The minimum atomic E-state index is -0.137. The van der Waals surface area contributed by atoms with E-state index in [1.54, 1.807) is 13.8 Å². The van der Waals surface area contributed by atoms with Gasteiger partial charge in [-0.1, -0.05) is 13.8 Å². The first-order chi connectivity index (χ1) is 9.11. The summed E-state index contributed by atoms with van der Waals surface area (Å²) in [5.41, 5.74) is 0. The van der Waals surface area contributed by atoms with E-state index >= 15 is 0 Å². The maximum Gasteiger partial charge on any atom is 2.00 e. The van der Waals surface area contributed by atoms with E-state index in [2.05, 4.69) is 0 Å². The number of rotatable bonds is 0. The molecule has 0 N–H and O–H groups in total. The number of hydrogen-bond acceptors (Lipinski definition) is 0. The normalized spacial score (nSPS) is 44.5.